The lowest BCUT2D eigenvalue weighted by atomic mass is 10.1. The second-order valence-corrected chi connectivity index (χ2v) is 2.56. The second kappa shape index (κ2) is 4.28. The Bertz CT molecular complexity index is 253. The Morgan fingerprint density at radius 3 is 2.00 bits per heavy atom. The Labute approximate surface area is 77.3 Å². The Morgan fingerprint density at radius 1 is 1.25 bits per heavy atom. The van der Waals surface area contributed by atoms with E-state index in [1.165, 1.54) is 12.1 Å². The molecule has 0 aliphatic carbocycles. The molecular weight excluding hydrogens is 179 g/mol. The summed E-state index contributed by atoms with van der Waals surface area (Å²) in [4.78, 5) is 0. The molecule has 2 nitrogen and oxygen atoms in total. The first-order chi connectivity index (χ1) is 5.15. The molecular formula is C8H12ClFN2. The zero-order valence-corrected chi connectivity index (χ0v) is 7.83. The fraction of sp³-hybridized carbons (Fsp3) is 0.250. The average molecular weight is 191 g/mol. The van der Waals surface area contributed by atoms with Crippen molar-refractivity contribution in [1.29, 1.82) is 0 Å². The van der Waals surface area contributed by atoms with Gasteiger partial charge in [0.25, 0.3) is 0 Å². The summed E-state index contributed by atoms with van der Waals surface area (Å²) in [6.07, 6.45) is 0. The topological polar surface area (TPSA) is 38.0 Å². The Morgan fingerprint density at radius 2 is 1.67 bits per heavy atom. The quantitative estimate of drug-likeness (QED) is 0.526. The molecule has 1 aromatic rings. The maximum Gasteiger partial charge on any atom is 0.123 e. The molecule has 0 fully saturated rings. The number of hydrogen-bond acceptors (Lipinski definition) is 2. The van der Waals surface area contributed by atoms with E-state index < -0.39 is 0 Å². The van der Waals surface area contributed by atoms with Crippen LogP contribution in [-0.2, 0) is 0 Å². The van der Waals surface area contributed by atoms with E-state index in [0.717, 1.165) is 16.8 Å². The van der Waals surface area contributed by atoms with Crippen molar-refractivity contribution >= 4 is 18.1 Å². The average Bonchev–Trinajstić information content (AvgIpc) is 1.85. The van der Waals surface area contributed by atoms with Crippen molar-refractivity contribution in [2.24, 2.45) is 5.84 Å². The Hall–Kier alpha value is -0.800. The van der Waals surface area contributed by atoms with Gasteiger partial charge in [-0.3, -0.25) is 5.84 Å². The molecule has 1 aromatic carbocycles. The highest BCUT2D eigenvalue weighted by atomic mass is 35.5. The standard InChI is InChI=1S/C8H11FN2.ClH/c1-5-3-7(9)4-6(2)8(5)11-10;/h3-4,11H,10H2,1-2H3;1H. The van der Waals surface area contributed by atoms with E-state index >= 15 is 0 Å². The first-order valence-corrected chi connectivity index (χ1v) is 3.38. The summed E-state index contributed by atoms with van der Waals surface area (Å²) in [6, 6.07) is 2.89. The fourth-order valence-corrected chi connectivity index (χ4v) is 1.14. The predicted octanol–water partition coefficient (Wildman–Crippen LogP) is 2.15. The van der Waals surface area contributed by atoms with Gasteiger partial charge in [0.15, 0.2) is 0 Å². The maximum atomic E-state index is 12.7. The summed E-state index contributed by atoms with van der Waals surface area (Å²) < 4.78 is 12.7. The van der Waals surface area contributed by atoms with Gasteiger partial charge in [-0.2, -0.15) is 0 Å². The van der Waals surface area contributed by atoms with Crippen LogP contribution in [0.1, 0.15) is 11.1 Å². The predicted molar refractivity (Wildman–Crippen MR) is 50.9 cm³/mol. The van der Waals surface area contributed by atoms with Crippen LogP contribution in [0.15, 0.2) is 12.1 Å². The van der Waals surface area contributed by atoms with Crippen LogP contribution >= 0.6 is 12.4 Å². The Balaban J connectivity index is 0.00000121. The molecule has 0 atom stereocenters. The van der Waals surface area contributed by atoms with Crippen molar-refractivity contribution in [3.05, 3.63) is 29.1 Å². The van der Waals surface area contributed by atoms with Crippen LogP contribution in [0.2, 0.25) is 0 Å². The van der Waals surface area contributed by atoms with Crippen molar-refractivity contribution in [3.63, 3.8) is 0 Å². The lowest BCUT2D eigenvalue weighted by Crippen LogP contribution is -2.09. The molecule has 0 amide bonds. The molecule has 0 spiro atoms. The zero-order chi connectivity index (χ0) is 8.43. The minimum absolute atomic E-state index is 0. The van der Waals surface area contributed by atoms with E-state index in [0.29, 0.717) is 0 Å². The molecule has 0 heterocycles. The van der Waals surface area contributed by atoms with Gasteiger partial charge in [-0.05, 0) is 37.1 Å². The lowest BCUT2D eigenvalue weighted by molar-refractivity contribution is 0.625. The van der Waals surface area contributed by atoms with Gasteiger partial charge in [0, 0.05) is 0 Å². The molecule has 0 bridgehead atoms. The molecule has 0 unspecified atom stereocenters. The third-order valence-corrected chi connectivity index (χ3v) is 1.64. The van der Waals surface area contributed by atoms with Crippen molar-refractivity contribution in [3.8, 4) is 0 Å². The van der Waals surface area contributed by atoms with Crippen molar-refractivity contribution in [2.45, 2.75) is 13.8 Å². The third-order valence-electron chi connectivity index (χ3n) is 1.64. The van der Waals surface area contributed by atoms with Crippen LogP contribution in [-0.4, -0.2) is 0 Å². The van der Waals surface area contributed by atoms with E-state index in [-0.39, 0.29) is 18.2 Å². The number of anilines is 1. The summed E-state index contributed by atoms with van der Waals surface area (Å²) in [5, 5.41) is 0. The van der Waals surface area contributed by atoms with E-state index in [9.17, 15) is 4.39 Å². The van der Waals surface area contributed by atoms with Crippen LogP contribution in [0.5, 0.6) is 0 Å². The SMILES string of the molecule is Cc1cc(F)cc(C)c1NN.Cl. The number of aryl methyl sites for hydroxylation is 2. The van der Waals surface area contributed by atoms with E-state index in [1.807, 2.05) is 13.8 Å². The summed E-state index contributed by atoms with van der Waals surface area (Å²) in [7, 11) is 0. The van der Waals surface area contributed by atoms with Gasteiger partial charge in [-0.25, -0.2) is 4.39 Å². The summed E-state index contributed by atoms with van der Waals surface area (Å²) in [6.45, 7) is 3.62. The third kappa shape index (κ3) is 2.09. The molecule has 68 valence electrons. The number of nitrogens with two attached hydrogens (primary N) is 1. The van der Waals surface area contributed by atoms with Gasteiger partial charge < -0.3 is 5.43 Å². The fourth-order valence-electron chi connectivity index (χ4n) is 1.14. The van der Waals surface area contributed by atoms with Crippen molar-refractivity contribution in [1.82, 2.24) is 0 Å². The number of nitrogen functional groups attached to an aromatic ring is 1. The van der Waals surface area contributed by atoms with Crippen LogP contribution in [0, 0.1) is 19.7 Å². The number of benzene rings is 1. The van der Waals surface area contributed by atoms with Crippen LogP contribution < -0.4 is 11.3 Å². The van der Waals surface area contributed by atoms with Gasteiger partial charge in [0.1, 0.15) is 5.82 Å². The largest absolute Gasteiger partial charge is 0.324 e. The molecule has 0 saturated carbocycles. The number of hydrogen-bond donors (Lipinski definition) is 2. The smallest absolute Gasteiger partial charge is 0.123 e. The van der Waals surface area contributed by atoms with Crippen molar-refractivity contribution < 1.29 is 4.39 Å². The van der Waals surface area contributed by atoms with Gasteiger partial charge in [0.05, 0.1) is 5.69 Å². The molecule has 12 heavy (non-hydrogen) atoms. The first-order valence-electron chi connectivity index (χ1n) is 3.38. The number of hydrazine groups is 1. The van der Waals surface area contributed by atoms with Crippen LogP contribution in [0.25, 0.3) is 0 Å². The molecule has 3 N–H and O–H groups in total. The van der Waals surface area contributed by atoms with Crippen molar-refractivity contribution in [2.75, 3.05) is 5.43 Å². The summed E-state index contributed by atoms with van der Waals surface area (Å²) in [5.41, 5.74) is 4.97. The van der Waals surface area contributed by atoms with Gasteiger partial charge in [-0.15, -0.1) is 12.4 Å². The van der Waals surface area contributed by atoms with E-state index in [4.69, 9.17) is 5.84 Å². The zero-order valence-electron chi connectivity index (χ0n) is 7.02. The normalized spacial score (nSPS) is 9.00. The summed E-state index contributed by atoms with van der Waals surface area (Å²) >= 11 is 0. The molecule has 0 saturated heterocycles. The van der Waals surface area contributed by atoms with Gasteiger partial charge >= 0.3 is 0 Å². The lowest BCUT2D eigenvalue weighted by Gasteiger charge is -2.07. The highest BCUT2D eigenvalue weighted by molar-refractivity contribution is 5.85. The molecule has 0 aliphatic rings. The molecule has 4 heteroatoms. The van der Waals surface area contributed by atoms with Gasteiger partial charge in [-0.1, -0.05) is 0 Å². The number of nitrogens with one attached hydrogen (secondary N) is 1. The molecule has 1 rings (SSSR count). The minimum atomic E-state index is -0.223. The molecule has 0 aromatic heterocycles. The number of halogens is 2. The highest BCUT2D eigenvalue weighted by Crippen LogP contribution is 2.19. The minimum Gasteiger partial charge on any atom is -0.324 e. The maximum absolute atomic E-state index is 12.7. The molecule has 0 radical (unpaired) electrons. The van der Waals surface area contributed by atoms with E-state index in [2.05, 4.69) is 5.43 Å². The number of rotatable bonds is 1. The second-order valence-electron chi connectivity index (χ2n) is 2.56. The highest BCUT2D eigenvalue weighted by Gasteiger charge is 2.01. The van der Waals surface area contributed by atoms with Crippen LogP contribution in [0.3, 0.4) is 0 Å². The summed E-state index contributed by atoms with van der Waals surface area (Å²) in [5.74, 6) is 5.01. The van der Waals surface area contributed by atoms with Gasteiger partial charge in [0.2, 0.25) is 0 Å². The monoisotopic (exact) mass is 190 g/mol. The first kappa shape index (κ1) is 11.2. The Kier molecular flexibility index (Phi) is 4.00. The molecule has 0 aliphatic heterocycles. The van der Waals surface area contributed by atoms with E-state index in [1.54, 1.807) is 0 Å². The van der Waals surface area contributed by atoms with Crippen LogP contribution in [0.4, 0.5) is 10.1 Å².